The van der Waals surface area contributed by atoms with Gasteiger partial charge < -0.3 is 0 Å². The molecule has 0 amide bonds. The molecule has 0 aliphatic rings. The fourth-order valence-corrected chi connectivity index (χ4v) is 39.6. The van der Waals surface area contributed by atoms with Crippen LogP contribution in [0.3, 0.4) is 0 Å². The van der Waals surface area contributed by atoms with Crippen molar-refractivity contribution in [3.8, 4) is 0 Å². The topological polar surface area (TPSA) is 0 Å². The van der Waals surface area contributed by atoms with Crippen LogP contribution in [0.2, 0.25) is 112 Å². The third-order valence-electron chi connectivity index (χ3n) is 12.1. The quantitative estimate of drug-likeness (QED) is 0.191. The molecule has 0 nitrogen and oxygen atoms in total. The summed E-state index contributed by atoms with van der Waals surface area (Å²) in [4.78, 5) is 0. The highest BCUT2D eigenvalue weighted by molar-refractivity contribution is 7.10. The summed E-state index contributed by atoms with van der Waals surface area (Å²) in [7, 11) is -11.1. The molecule has 0 radical (unpaired) electrons. The number of hydrogen-bond acceptors (Lipinski definition) is 0. The Bertz CT molecular complexity index is 1230. The van der Waals surface area contributed by atoms with Gasteiger partial charge in [0.05, 0.1) is 48.4 Å². The highest BCUT2D eigenvalue weighted by Crippen LogP contribution is 2.45. The molecule has 0 unspecified atom stereocenters. The third kappa shape index (κ3) is 6.85. The van der Waals surface area contributed by atoms with E-state index in [1.54, 1.807) is 0 Å². The van der Waals surface area contributed by atoms with Crippen molar-refractivity contribution in [1.29, 1.82) is 0 Å². The monoisotopic (exact) mass is 728 g/mol. The molecule has 0 saturated heterocycles. The Labute approximate surface area is 295 Å². The number of rotatable bonds is 12. The van der Waals surface area contributed by atoms with Gasteiger partial charge in [0.15, 0.2) is 0 Å². The molecule has 0 bridgehead atoms. The maximum atomic E-state index is 2.82. The van der Waals surface area contributed by atoms with Gasteiger partial charge in [0.25, 0.3) is 0 Å². The predicted molar refractivity (Wildman–Crippen MR) is 237 cm³/mol. The minimum Gasteiger partial charge on any atom is -0.0656 e. The van der Waals surface area contributed by atoms with Gasteiger partial charge in [-0.15, -0.1) is 0 Å². The number of fused-ring (bicyclic) bond motifs is 1. The minimum absolute atomic E-state index is 0.695. The van der Waals surface area contributed by atoms with Crippen LogP contribution in [0, 0.1) is 0 Å². The Balaban J connectivity index is 4.01. The van der Waals surface area contributed by atoms with Gasteiger partial charge in [-0.2, -0.15) is 0 Å². The zero-order valence-electron chi connectivity index (χ0n) is 35.6. The second kappa shape index (κ2) is 13.6. The van der Waals surface area contributed by atoms with Gasteiger partial charge in [0, 0.05) is 0 Å². The summed E-state index contributed by atoms with van der Waals surface area (Å²) in [6.45, 7) is 63.7. The lowest BCUT2D eigenvalue weighted by molar-refractivity contribution is 0.834. The second-order valence-electron chi connectivity index (χ2n) is 21.2. The predicted octanol–water partition coefficient (Wildman–Crippen LogP) is 10.8. The molecular formula is C40H80Si6. The lowest BCUT2D eigenvalue weighted by Gasteiger charge is -2.50. The Morgan fingerprint density at radius 2 is 0.478 bits per heavy atom. The van der Waals surface area contributed by atoms with Crippen molar-refractivity contribution in [3.05, 3.63) is 12.1 Å². The van der Waals surface area contributed by atoms with E-state index in [-0.39, 0.29) is 0 Å². The van der Waals surface area contributed by atoms with Gasteiger partial charge in [0.1, 0.15) is 0 Å². The summed E-state index contributed by atoms with van der Waals surface area (Å²) in [6.07, 6.45) is 0. The van der Waals surface area contributed by atoms with Gasteiger partial charge in [-0.3, -0.25) is 0 Å². The van der Waals surface area contributed by atoms with Crippen LogP contribution in [0.4, 0.5) is 0 Å². The maximum absolute atomic E-state index is 2.82. The molecular weight excluding hydrogens is 649 g/mol. The van der Waals surface area contributed by atoms with Crippen LogP contribution in [0.25, 0.3) is 10.8 Å². The van der Waals surface area contributed by atoms with Gasteiger partial charge in [-0.1, -0.05) is 205 Å². The normalized spacial score (nSPS) is 14.8. The summed E-state index contributed by atoms with van der Waals surface area (Å²) >= 11 is 0. The fraction of sp³-hybridized carbons (Fsp3) is 0.750. The summed E-state index contributed by atoms with van der Waals surface area (Å²) < 4.78 is 0. The standard InChI is InChI=1S/C40H80Si6/c1-27(2)45(28(3)4,29(5)6)33-25-26-34(46(30(7)8,31(9)10)32(11)12)36-35(33)37(41(13,14)15)39(43(19,20)21)40(44(22,23)24)38(36)42(16,17)18/h25-32H,1-24H3. The molecule has 0 heterocycles. The summed E-state index contributed by atoms with van der Waals surface area (Å²) in [5, 5.41) is 15.1. The molecule has 0 N–H and O–H groups in total. The molecule has 0 atom stereocenters. The molecule has 0 aliphatic heterocycles. The molecule has 2 rings (SSSR count). The van der Waals surface area contributed by atoms with Crippen molar-refractivity contribution in [2.75, 3.05) is 0 Å². The van der Waals surface area contributed by atoms with E-state index in [9.17, 15) is 0 Å². The summed E-state index contributed by atoms with van der Waals surface area (Å²) in [5.41, 5.74) is 4.17. The van der Waals surface area contributed by atoms with E-state index in [1.807, 2.05) is 41.9 Å². The molecule has 0 saturated carbocycles. The average molecular weight is 730 g/mol. The molecule has 2 aromatic carbocycles. The van der Waals surface area contributed by atoms with E-state index in [4.69, 9.17) is 0 Å². The molecule has 0 fully saturated rings. The Morgan fingerprint density at radius 3 is 0.609 bits per heavy atom. The van der Waals surface area contributed by atoms with Crippen LogP contribution < -0.4 is 31.1 Å². The summed E-state index contributed by atoms with van der Waals surface area (Å²) in [6, 6.07) is 5.64. The zero-order valence-corrected chi connectivity index (χ0v) is 41.6. The van der Waals surface area contributed by atoms with Gasteiger partial charge in [-0.05, 0) is 44.0 Å². The van der Waals surface area contributed by atoms with E-state index >= 15 is 0 Å². The SMILES string of the molecule is CC(C)[Si](c1ccc([Si](C(C)C)(C(C)C)C(C)C)c2c([Si](C)(C)C)c([Si](C)(C)C)c([Si](C)(C)C)c([Si](C)(C)C)c12)(C(C)C)C(C)C. The largest absolute Gasteiger partial charge is 0.0950 e. The first kappa shape index (κ1) is 42.2. The van der Waals surface area contributed by atoms with Crippen molar-refractivity contribution in [1.82, 2.24) is 0 Å². The third-order valence-corrected chi connectivity index (χ3v) is 35.0. The highest BCUT2D eigenvalue weighted by atomic mass is 28.3. The van der Waals surface area contributed by atoms with E-state index in [0.717, 1.165) is 0 Å². The molecule has 0 aliphatic carbocycles. The lowest BCUT2D eigenvalue weighted by Crippen LogP contribution is -2.75. The van der Waals surface area contributed by atoms with Gasteiger partial charge >= 0.3 is 0 Å². The van der Waals surface area contributed by atoms with E-state index in [0.29, 0.717) is 33.2 Å². The minimum atomic E-state index is -1.99. The highest BCUT2D eigenvalue weighted by Gasteiger charge is 2.51. The van der Waals surface area contributed by atoms with Crippen molar-refractivity contribution in [3.63, 3.8) is 0 Å². The van der Waals surface area contributed by atoms with Crippen LogP contribution in [0.15, 0.2) is 12.1 Å². The average Bonchev–Trinajstić information content (AvgIpc) is 2.80. The number of benzene rings is 2. The van der Waals surface area contributed by atoms with Crippen LogP contribution in [0.1, 0.15) is 83.1 Å². The summed E-state index contributed by atoms with van der Waals surface area (Å²) in [5.74, 6) is 0. The van der Waals surface area contributed by atoms with Crippen molar-refractivity contribution in [2.45, 2.75) is 195 Å². The Kier molecular flexibility index (Phi) is 12.5. The lowest BCUT2D eigenvalue weighted by atomic mass is 10.1. The molecule has 46 heavy (non-hydrogen) atoms. The van der Waals surface area contributed by atoms with Crippen LogP contribution in [-0.2, 0) is 0 Å². The number of hydrogen-bond donors (Lipinski definition) is 0. The smallest absolute Gasteiger partial charge is 0.0656 e. The van der Waals surface area contributed by atoms with E-state index < -0.39 is 48.4 Å². The Hall–Kier alpha value is 0.00130. The zero-order chi connectivity index (χ0) is 36.5. The van der Waals surface area contributed by atoms with Crippen molar-refractivity contribution >= 4 is 90.3 Å². The molecule has 0 aromatic heterocycles. The maximum Gasteiger partial charge on any atom is 0.0950 e. The molecule has 2 aromatic rings. The van der Waals surface area contributed by atoms with E-state index in [1.165, 1.54) is 0 Å². The van der Waals surface area contributed by atoms with Gasteiger partial charge in [0.2, 0.25) is 0 Å². The van der Waals surface area contributed by atoms with Gasteiger partial charge in [-0.25, -0.2) is 0 Å². The first-order valence-electron chi connectivity index (χ1n) is 19.1. The fourth-order valence-electron chi connectivity index (χ4n) is 11.2. The molecule has 6 heteroatoms. The van der Waals surface area contributed by atoms with Crippen molar-refractivity contribution < 1.29 is 0 Å². The molecule has 264 valence electrons. The van der Waals surface area contributed by atoms with Crippen molar-refractivity contribution in [2.24, 2.45) is 0 Å². The van der Waals surface area contributed by atoms with Crippen LogP contribution in [0.5, 0.6) is 0 Å². The van der Waals surface area contributed by atoms with Crippen LogP contribution >= 0.6 is 0 Å². The first-order chi connectivity index (χ1) is 20.4. The molecule has 0 spiro atoms. The first-order valence-corrected chi connectivity index (χ1v) is 37.5. The van der Waals surface area contributed by atoms with E-state index in [2.05, 4.69) is 174 Å². The second-order valence-corrected chi connectivity index (χ2v) is 52.9. The Morgan fingerprint density at radius 1 is 0.304 bits per heavy atom. The van der Waals surface area contributed by atoms with Crippen LogP contribution in [-0.4, -0.2) is 48.4 Å².